The Bertz CT molecular complexity index is 828. The summed E-state index contributed by atoms with van der Waals surface area (Å²) in [5, 5.41) is 10.1. The summed E-state index contributed by atoms with van der Waals surface area (Å²) in [5.41, 5.74) is 3.93. The number of H-pyrrole nitrogens is 1. The summed E-state index contributed by atoms with van der Waals surface area (Å²) in [4.78, 5) is 22.3. The number of aliphatic hydroxyl groups is 1. The summed E-state index contributed by atoms with van der Waals surface area (Å²) in [6.45, 7) is 7.69. The third-order valence-corrected chi connectivity index (χ3v) is 4.82. The minimum absolute atomic E-state index is 0.0528. The van der Waals surface area contributed by atoms with Crippen molar-refractivity contribution in [2.75, 3.05) is 13.1 Å². The molecule has 2 heterocycles. The second-order valence-corrected chi connectivity index (χ2v) is 7.11. The van der Waals surface area contributed by atoms with Crippen LogP contribution in [0.2, 0.25) is 0 Å². The van der Waals surface area contributed by atoms with E-state index >= 15 is 0 Å². The molecule has 0 bridgehead atoms. The first kappa shape index (κ1) is 18.5. The predicted molar refractivity (Wildman–Crippen MR) is 103 cm³/mol. The lowest BCUT2D eigenvalue weighted by Crippen LogP contribution is -2.40. The number of hydrogen-bond donors (Lipinski definition) is 2. The second kappa shape index (κ2) is 8.43. The Morgan fingerprint density at radius 3 is 3.08 bits per heavy atom. The van der Waals surface area contributed by atoms with Crippen LogP contribution in [-0.4, -0.2) is 39.2 Å². The van der Waals surface area contributed by atoms with Gasteiger partial charge in [-0.2, -0.15) is 0 Å². The SMILES string of the molecule is C=CCCC(O)CN1CCc2nc(Cc3cccc(C)c3)[nH]c(=O)c2C1. The molecule has 5 nitrogen and oxygen atoms in total. The molecule has 0 saturated carbocycles. The number of rotatable bonds is 7. The van der Waals surface area contributed by atoms with E-state index in [4.69, 9.17) is 4.98 Å². The van der Waals surface area contributed by atoms with Gasteiger partial charge in [-0.1, -0.05) is 35.9 Å². The van der Waals surface area contributed by atoms with Crippen LogP contribution in [0, 0.1) is 6.92 Å². The lowest BCUT2D eigenvalue weighted by Gasteiger charge is -2.29. The van der Waals surface area contributed by atoms with E-state index in [1.165, 1.54) is 5.56 Å². The zero-order valence-electron chi connectivity index (χ0n) is 15.4. The molecule has 138 valence electrons. The van der Waals surface area contributed by atoms with E-state index < -0.39 is 0 Å². The highest BCUT2D eigenvalue weighted by atomic mass is 16.3. The molecule has 2 aromatic rings. The Hall–Kier alpha value is -2.24. The first-order valence-electron chi connectivity index (χ1n) is 9.23. The number of nitrogens with one attached hydrogen (secondary N) is 1. The van der Waals surface area contributed by atoms with Crippen molar-refractivity contribution in [3.8, 4) is 0 Å². The van der Waals surface area contributed by atoms with Crippen LogP contribution in [0.1, 0.15) is 41.1 Å². The average molecular weight is 353 g/mol. The molecular formula is C21H27N3O2. The fraction of sp³-hybridized carbons (Fsp3) is 0.429. The normalized spacial score (nSPS) is 15.5. The van der Waals surface area contributed by atoms with Crippen LogP contribution in [0.5, 0.6) is 0 Å². The van der Waals surface area contributed by atoms with Crippen LogP contribution in [0.15, 0.2) is 41.7 Å². The molecule has 5 heteroatoms. The first-order valence-corrected chi connectivity index (χ1v) is 9.23. The Morgan fingerprint density at radius 2 is 2.31 bits per heavy atom. The third kappa shape index (κ3) is 4.68. The van der Waals surface area contributed by atoms with E-state index in [0.717, 1.165) is 42.0 Å². The van der Waals surface area contributed by atoms with Gasteiger partial charge in [0.2, 0.25) is 0 Å². The number of fused-ring (bicyclic) bond motifs is 1. The number of aromatic amines is 1. The lowest BCUT2D eigenvalue weighted by atomic mass is 10.0. The van der Waals surface area contributed by atoms with E-state index in [1.54, 1.807) is 0 Å². The van der Waals surface area contributed by atoms with Crippen LogP contribution in [-0.2, 0) is 19.4 Å². The van der Waals surface area contributed by atoms with Gasteiger partial charge in [-0.15, -0.1) is 6.58 Å². The smallest absolute Gasteiger partial charge is 0.255 e. The van der Waals surface area contributed by atoms with Gasteiger partial charge in [0.15, 0.2) is 0 Å². The van der Waals surface area contributed by atoms with Gasteiger partial charge in [0.1, 0.15) is 5.82 Å². The first-order chi connectivity index (χ1) is 12.5. The second-order valence-electron chi connectivity index (χ2n) is 7.11. The van der Waals surface area contributed by atoms with Gasteiger partial charge in [0.05, 0.1) is 17.4 Å². The summed E-state index contributed by atoms with van der Waals surface area (Å²) >= 11 is 0. The zero-order valence-corrected chi connectivity index (χ0v) is 15.4. The van der Waals surface area contributed by atoms with Gasteiger partial charge < -0.3 is 10.1 Å². The van der Waals surface area contributed by atoms with Crippen molar-refractivity contribution in [2.24, 2.45) is 0 Å². The largest absolute Gasteiger partial charge is 0.392 e. The molecule has 2 N–H and O–H groups in total. The van der Waals surface area contributed by atoms with Crippen molar-refractivity contribution >= 4 is 0 Å². The highest BCUT2D eigenvalue weighted by molar-refractivity contribution is 5.27. The van der Waals surface area contributed by atoms with Gasteiger partial charge >= 0.3 is 0 Å². The number of benzene rings is 1. The Balaban J connectivity index is 1.70. The van der Waals surface area contributed by atoms with Crippen LogP contribution in [0.3, 0.4) is 0 Å². The third-order valence-electron chi connectivity index (χ3n) is 4.82. The Kier molecular flexibility index (Phi) is 6.01. The van der Waals surface area contributed by atoms with Gasteiger partial charge in [-0.05, 0) is 25.3 Å². The van der Waals surface area contributed by atoms with Crippen molar-refractivity contribution in [2.45, 2.75) is 45.3 Å². The number of aromatic nitrogens is 2. The molecule has 1 aromatic carbocycles. The standard InChI is InChI=1S/C21H27N3O2/c1-3-4-8-17(25)13-24-10-9-19-18(14-24)21(26)23-20(22-19)12-16-7-5-6-15(2)11-16/h3,5-7,11,17,25H,1,4,8-10,12-14H2,2H3,(H,22,23,26). The average Bonchev–Trinajstić information content (AvgIpc) is 2.60. The minimum Gasteiger partial charge on any atom is -0.392 e. The van der Waals surface area contributed by atoms with Crippen molar-refractivity contribution in [1.82, 2.24) is 14.9 Å². The maximum absolute atomic E-state index is 12.5. The van der Waals surface area contributed by atoms with E-state index in [-0.39, 0.29) is 11.7 Å². The van der Waals surface area contributed by atoms with Crippen LogP contribution in [0.4, 0.5) is 0 Å². The Labute approximate surface area is 154 Å². The summed E-state index contributed by atoms with van der Waals surface area (Å²) in [6.07, 6.45) is 4.32. The minimum atomic E-state index is -0.387. The van der Waals surface area contributed by atoms with E-state index in [9.17, 15) is 9.90 Å². The zero-order chi connectivity index (χ0) is 18.5. The summed E-state index contributed by atoms with van der Waals surface area (Å²) in [5.74, 6) is 0.721. The molecule has 1 atom stereocenters. The van der Waals surface area contributed by atoms with Crippen LogP contribution < -0.4 is 5.56 Å². The fourth-order valence-corrected chi connectivity index (χ4v) is 3.49. The molecule has 0 aliphatic carbocycles. The van der Waals surface area contributed by atoms with Crippen molar-refractivity contribution in [3.05, 3.63) is 75.5 Å². The topological polar surface area (TPSA) is 69.2 Å². The molecule has 0 spiro atoms. The fourth-order valence-electron chi connectivity index (χ4n) is 3.49. The highest BCUT2D eigenvalue weighted by Crippen LogP contribution is 2.16. The molecule has 1 unspecified atom stereocenters. The van der Waals surface area contributed by atoms with Crippen molar-refractivity contribution in [1.29, 1.82) is 0 Å². The van der Waals surface area contributed by atoms with Gasteiger partial charge in [-0.25, -0.2) is 4.98 Å². The molecular weight excluding hydrogens is 326 g/mol. The molecule has 0 saturated heterocycles. The molecule has 0 amide bonds. The van der Waals surface area contributed by atoms with Gasteiger partial charge in [-0.3, -0.25) is 9.69 Å². The van der Waals surface area contributed by atoms with Crippen LogP contribution >= 0.6 is 0 Å². The predicted octanol–water partition coefficient (Wildman–Crippen LogP) is 2.35. The van der Waals surface area contributed by atoms with E-state index in [1.807, 2.05) is 12.1 Å². The number of nitrogens with zero attached hydrogens (tertiary/aromatic N) is 2. The van der Waals surface area contributed by atoms with E-state index in [0.29, 0.717) is 25.9 Å². The molecule has 0 fully saturated rings. The quantitative estimate of drug-likeness (QED) is 0.750. The summed E-state index contributed by atoms with van der Waals surface area (Å²) in [6, 6.07) is 8.26. The Morgan fingerprint density at radius 1 is 1.46 bits per heavy atom. The summed E-state index contributed by atoms with van der Waals surface area (Å²) in [7, 11) is 0. The number of aryl methyl sites for hydroxylation is 1. The number of aliphatic hydroxyl groups excluding tert-OH is 1. The van der Waals surface area contributed by atoms with Gasteiger partial charge in [0.25, 0.3) is 5.56 Å². The van der Waals surface area contributed by atoms with Gasteiger partial charge in [0, 0.05) is 32.5 Å². The molecule has 0 radical (unpaired) electrons. The lowest BCUT2D eigenvalue weighted by molar-refractivity contribution is 0.0986. The number of hydrogen-bond acceptors (Lipinski definition) is 4. The maximum Gasteiger partial charge on any atom is 0.255 e. The molecule has 1 aliphatic rings. The molecule has 26 heavy (non-hydrogen) atoms. The van der Waals surface area contributed by atoms with Crippen LogP contribution in [0.25, 0.3) is 0 Å². The van der Waals surface area contributed by atoms with Crippen molar-refractivity contribution in [3.63, 3.8) is 0 Å². The maximum atomic E-state index is 12.5. The summed E-state index contributed by atoms with van der Waals surface area (Å²) < 4.78 is 0. The van der Waals surface area contributed by atoms with Crippen molar-refractivity contribution < 1.29 is 5.11 Å². The molecule has 1 aliphatic heterocycles. The molecule has 3 rings (SSSR count). The number of allylic oxidation sites excluding steroid dienone is 1. The van der Waals surface area contributed by atoms with E-state index in [2.05, 4.69) is 41.6 Å². The highest BCUT2D eigenvalue weighted by Gasteiger charge is 2.22. The monoisotopic (exact) mass is 353 g/mol. The molecule has 1 aromatic heterocycles. The number of β-amino-alcohol motifs (C(OH)–C–C–N with tert-alkyl or cyclic N) is 1.